The molecule has 28 heavy (non-hydrogen) atoms. The van der Waals surface area contributed by atoms with Crippen LogP contribution in [0.2, 0.25) is 0 Å². The van der Waals surface area contributed by atoms with Gasteiger partial charge in [0.05, 0.1) is 11.3 Å². The number of hydrogen-bond donors (Lipinski definition) is 1. The number of nitrogens with one attached hydrogen (secondary N) is 1. The molecular formula is C22H21FN2O3. The zero-order valence-electron chi connectivity index (χ0n) is 15.7. The van der Waals surface area contributed by atoms with Crippen molar-refractivity contribution in [2.75, 3.05) is 11.9 Å². The van der Waals surface area contributed by atoms with E-state index in [1.54, 1.807) is 12.1 Å². The van der Waals surface area contributed by atoms with E-state index in [1.165, 1.54) is 18.2 Å². The third kappa shape index (κ3) is 4.46. The van der Waals surface area contributed by atoms with E-state index in [0.29, 0.717) is 12.1 Å². The second-order valence-electron chi connectivity index (χ2n) is 6.46. The molecule has 0 aliphatic heterocycles. The first-order chi connectivity index (χ1) is 13.5. The fourth-order valence-corrected chi connectivity index (χ4v) is 2.97. The van der Waals surface area contributed by atoms with E-state index in [-0.39, 0.29) is 5.69 Å². The Labute approximate surface area is 162 Å². The van der Waals surface area contributed by atoms with Crippen LogP contribution in [0, 0.1) is 19.7 Å². The highest BCUT2D eigenvalue weighted by atomic mass is 19.1. The molecule has 5 nitrogen and oxygen atoms in total. The summed E-state index contributed by atoms with van der Waals surface area (Å²) in [5, 5.41) is 2.38. The number of amides is 1. The molecule has 1 N–H and O–H groups in total. The van der Waals surface area contributed by atoms with Crippen molar-refractivity contribution in [3.8, 4) is 0 Å². The van der Waals surface area contributed by atoms with Crippen molar-refractivity contribution in [2.24, 2.45) is 0 Å². The van der Waals surface area contributed by atoms with Gasteiger partial charge in [0.25, 0.3) is 5.91 Å². The maximum absolute atomic E-state index is 13.6. The fourth-order valence-electron chi connectivity index (χ4n) is 2.97. The highest BCUT2D eigenvalue weighted by Gasteiger charge is 2.18. The predicted molar refractivity (Wildman–Crippen MR) is 105 cm³/mol. The number of anilines is 1. The minimum absolute atomic E-state index is 0.0459. The van der Waals surface area contributed by atoms with E-state index in [1.807, 2.05) is 48.7 Å². The summed E-state index contributed by atoms with van der Waals surface area (Å²) in [6.45, 7) is 3.90. The number of benzene rings is 2. The van der Waals surface area contributed by atoms with Crippen molar-refractivity contribution < 1.29 is 18.7 Å². The number of carbonyl (C=O) groups is 2. The molecule has 0 fully saturated rings. The Hall–Kier alpha value is -3.41. The maximum atomic E-state index is 13.6. The third-order valence-corrected chi connectivity index (χ3v) is 4.46. The molecule has 1 heterocycles. The summed E-state index contributed by atoms with van der Waals surface area (Å²) in [5.74, 6) is -1.74. The molecule has 0 radical (unpaired) electrons. The zero-order valence-corrected chi connectivity index (χ0v) is 15.7. The number of ether oxygens (including phenoxy) is 1. The lowest BCUT2D eigenvalue weighted by Gasteiger charge is -2.10. The van der Waals surface area contributed by atoms with Gasteiger partial charge in [0.2, 0.25) is 0 Å². The van der Waals surface area contributed by atoms with Gasteiger partial charge in [-0.15, -0.1) is 0 Å². The normalized spacial score (nSPS) is 10.5. The Morgan fingerprint density at radius 3 is 2.43 bits per heavy atom. The molecule has 1 aromatic heterocycles. The number of esters is 1. The van der Waals surface area contributed by atoms with Crippen molar-refractivity contribution in [1.29, 1.82) is 0 Å². The minimum Gasteiger partial charge on any atom is -0.452 e. The van der Waals surface area contributed by atoms with Crippen LogP contribution in [0.5, 0.6) is 0 Å². The molecular weight excluding hydrogens is 359 g/mol. The van der Waals surface area contributed by atoms with Gasteiger partial charge in [0.1, 0.15) is 5.82 Å². The van der Waals surface area contributed by atoms with Gasteiger partial charge in [-0.3, -0.25) is 4.79 Å². The molecule has 0 spiro atoms. The second kappa shape index (κ2) is 8.52. The fraction of sp³-hybridized carbons (Fsp3) is 0.182. The van der Waals surface area contributed by atoms with Crippen molar-refractivity contribution in [2.45, 2.75) is 20.4 Å². The SMILES string of the molecule is Cc1cc(C(=O)OCC(=O)Nc2ccccc2F)c(C)n1Cc1ccccc1. The molecule has 2 aromatic carbocycles. The van der Waals surface area contributed by atoms with E-state index in [0.717, 1.165) is 17.0 Å². The Morgan fingerprint density at radius 1 is 1.04 bits per heavy atom. The van der Waals surface area contributed by atoms with Crippen LogP contribution in [-0.2, 0) is 16.1 Å². The number of para-hydroxylation sites is 1. The monoisotopic (exact) mass is 380 g/mol. The number of halogens is 1. The summed E-state index contributed by atoms with van der Waals surface area (Å²) < 4.78 is 20.7. The molecule has 0 aliphatic carbocycles. The lowest BCUT2D eigenvalue weighted by atomic mass is 10.2. The minimum atomic E-state index is -0.600. The Kier molecular flexibility index (Phi) is 5.89. The number of hydrogen-bond acceptors (Lipinski definition) is 3. The van der Waals surface area contributed by atoms with Gasteiger partial charge in [0, 0.05) is 17.9 Å². The lowest BCUT2D eigenvalue weighted by Crippen LogP contribution is -2.21. The summed E-state index contributed by atoms with van der Waals surface area (Å²) in [5.41, 5.74) is 3.26. The number of aromatic nitrogens is 1. The molecule has 1 amide bonds. The van der Waals surface area contributed by atoms with Crippen molar-refractivity contribution in [3.05, 3.63) is 89.0 Å². The molecule has 6 heteroatoms. The highest BCUT2D eigenvalue weighted by Crippen LogP contribution is 2.18. The Bertz CT molecular complexity index is 996. The molecule has 3 rings (SSSR count). The van der Waals surface area contributed by atoms with E-state index in [4.69, 9.17) is 4.74 Å². The standard InChI is InChI=1S/C22H21FN2O3/c1-15-12-18(16(2)25(15)13-17-8-4-3-5-9-17)22(27)28-14-21(26)24-20-11-7-6-10-19(20)23/h3-12H,13-14H2,1-2H3,(H,24,26). The van der Waals surface area contributed by atoms with Gasteiger partial charge < -0.3 is 14.6 Å². The number of carbonyl (C=O) groups excluding carboxylic acids is 2. The molecule has 3 aromatic rings. The highest BCUT2D eigenvalue weighted by molar-refractivity contribution is 5.96. The molecule has 144 valence electrons. The van der Waals surface area contributed by atoms with Crippen molar-refractivity contribution in [3.63, 3.8) is 0 Å². The van der Waals surface area contributed by atoms with Gasteiger partial charge in [-0.2, -0.15) is 0 Å². The summed E-state index contributed by atoms with van der Waals surface area (Å²) >= 11 is 0. The molecule has 0 unspecified atom stereocenters. The average Bonchev–Trinajstić information content (AvgIpc) is 2.97. The molecule has 0 saturated carbocycles. The smallest absolute Gasteiger partial charge is 0.340 e. The number of nitrogens with zero attached hydrogens (tertiary/aromatic N) is 1. The van der Waals surface area contributed by atoms with Gasteiger partial charge in [-0.1, -0.05) is 42.5 Å². The van der Waals surface area contributed by atoms with E-state index in [2.05, 4.69) is 5.32 Å². The average molecular weight is 380 g/mol. The van der Waals surface area contributed by atoms with Crippen LogP contribution in [0.3, 0.4) is 0 Å². The second-order valence-corrected chi connectivity index (χ2v) is 6.46. The lowest BCUT2D eigenvalue weighted by molar-refractivity contribution is -0.119. The molecule has 0 saturated heterocycles. The molecule has 0 aliphatic rings. The van der Waals surface area contributed by atoms with Crippen molar-refractivity contribution >= 4 is 17.6 Å². The van der Waals surface area contributed by atoms with Crippen LogP contribution in [0.25, 0.3) is 0 Å². The first kappa shape index (κ1) is 19.4. The van der Waals surface area contributed by atoms with Crippen LogP contribution >= 0.6 is 0 Å². The zero-order chi connectivity index (χ0) is 20.1. The van der Waals surface area contributed by atoms with Gasteiger partial charge in [0.15, 0.2) is 6.61 Å². The Morgan fingerprint density at radius 2 is 1.71 bits per heavy atom. The van der Waals surface area contributed by atoms with Crippen LogP contribution in [-0.4, -0.2) is 23.1 Å². The summed E-state index contributed by atoms with van der Waals surface area (Å²) in [4.78, 5) is 24.4. The van der Waals surface area contributed by atoms with Gasteiger partial charge >= 0.3 is 5.97 Å². The van der Waals surface area contributed by atoms with E-state index in [9.17, 15) is 14.0 Å². The topological polar surface area (TPSA) is 60.3 Å². The molecule has 0 bridgehead atoms. The first-order valence-corrected chi connectivity index (χ1v) is 8.88. The maximum Gasteiger partial charge on any atom is 0.340 e. The summed E-state index contributed by atoms with van der Waals surface area (Å²) in [6, 6.07) is 17.5. The third-order valence-electron chi connectivity index (χ3n) is 4.46. The van der Waals surface area contributed by atoms with E-state index >= 15 is 0 Å². The first-order valence-electron chi connectivity index (χ1n) is 8.88. The number of aryl methyl sites for hydroxylation is 1. The van der Waals surface area contributed by atoms with Crippen LogP contribution < -0.4 is 5.32 Å². The quantitative estimate of drug-likeness (QED) is 0.656. The van der Waals surface area contributed by atoms with Gasteiger partial charge in [-0.05, 0) is 37.6 Å². The van der Waals surface area contributed by atoms with Gasteiger partial charge in [-0.25, -0.2) is 9.18 Å². The van der Waals surface area contributed by atoms with Crippen LogP contribution in [0.1, 0.15) is 27.3 Å². The van der Waals surface area contributed by atoms with Crippen LogP contribution in [0.15, 0.2) is 60.7 Å². The number of rotatable bonds is 6. The Balaban J connectivity index is 1.64. The largest absolute Gasteiger partial charge is 0.452 e. The molecule has 0 atom stereocenters. The van der Waals surface area contributed by atoms with Crippen LogP contribution in [0.4, 0.5) is 10.1 Å². The summed E-state index contributed by atoms with van der Waals surface area (Å²) in [7, 11) is 0. The predicted octanol–water partition coefficient (Wildman–Crippen LogP) is 4.09. The van der Waals surface area contributed by atoms with E-state index < -0.39 is 24.3 Å². The summed E-state index contributed by atoms with van der Waals surface area (Å²) in [6.07, 6.45) is 0. The van der Waals surface area contributed by atoms with Crippen molar-refractivity contribution in [1.82, 2.24) is 4.57 Å².